The average Bonchev–Trinajstić information content (AvgIpc) is 3.07. The van der Waals surface area contributed by atoms with Gasteiger partial charge in [0.15, 0.2) is 0 Å². The summed E-state index contributed by atoms with van der Waals surface area (Å²) in [4.78, 5) is 12.6. The molecule has 154 valence electrons. The molecule has 0 aliphatic carbocycles. The number of nitrogens with zero attached hydrogens (tertiary/aromatic N) is 1. The van der Waals surface area contributed by atoms with Crippen molar-refractivity contribution in [1.82, 2.24) is 10.5 Å². The molecule has 0 aliphatic heterocycles. The average molecular weight is 405 g/mol. The van der Waals surface area contributed by atoms with Crippen molar-refractivity contribution in [2.75, 3.05) is 6.54 Å². The van der Waals surface area contributed by atoms with E-state index in [1.165, 1.54) is 51.4 Å². The molecule has 28 heavy (non-hydrogen) atoms. The van der Waals surface area contributed by atoms with Crippen molar-refractivity contribution in [2.45, 2.75) is 78.1 Å². The second-order valence-corrected chi connectivity index (χ2v) is 7.79. The van der Waals surface area contributed by atoms with Gasteiger partial charge in [0.05, 0.1) is 5.02 Å². The van der Waals surface area contributed by atoms with Gasteiger partial charge >= 0.3 is 0 Å². The van der Waals surface area contributed by atoms with Crippen molar-refractivity contribution in [3.8, 4) is 11.3 Å². The van der Waals surface area contributed by atoms with Gasteiger partial charge in [-0.15, -0.1) is 0 Å². The molecule has 0 aliphatic rings. The lowest BCUT2D eigenvalue weighted by atomic mass is 10.1. The number of hydrogen-bond donors (Lipinski definition) is 1. The zero-order chi connectivity index (χ0) is 20.2. The van der Waals surface area contributed by atoms with Gasteiger partial charge in [0, 0.05) is 12.1 Å². The molecule has 0 bridgehead atoms. The molecule has 0 saturated carbocycles. The van der Waals surface area contributed by atoms with E-state index < -0.39 is 0 Å². The van der Waals surface area contributed by atoms with Crippen LogP contribution in [0, 0.1) is 6.92 Å². The highest BCUT2D eigenvalue weighted by molar-refractivity contribution is 6.33. The van der Waals surface area contributed by atoms with E-state index in [1.54, 1.807) is 13.0 Å². The first-order valence-corrected chi connectivity index (χ1v) is 11.0. The zero-order valence-corrected chi connectivity index (χ0v) is 18.0. The number of benzene rings is 1. The number of aromatic nitrogens is 1. The van der Waals surface area contributed by atoms with Crippen molar-refractivity contribution in [3.63, 3.8) is 0 Å². The molecule has 4 nitrogen and oxygen atoms in total. The first kappa shape index (κ1) is 22.5. The molecule has 5 heteroatoms. The highest BCUT2D eigenvalue weighted by atomic mass is 35.5. The van der Waals surface area contributed by atoms with E-state index in [1.807, 2.05) is 18.2 Å². The molecule has 1 aromatic carbocycles. The van der Waals surface area contributed by atoms with Crippen LogP contribution in [0.1, 0.15) is 87.3 Å². The van der Waals surface area contributed by atoms with E-state index in [-0.39, 0.29) is 5.91 Å². The Hall–Kier alpha value is -1.81. The van der Waals surface area contributed by atoms with Crippen LogP contribution in [0.2, 0.25) is 5.02 Å². The molecule has 0 atom stereocenters. The van der Waals surface area contributed by atoms with Crippen molar-refractivity contribution in [3.05, 3.63) is 40.6 Å². The Morgan fingerprint density at radius 1 is 1.00 bits per heavy atom. The monoisotopic (exact) mass is 404 g/mol. The Morgan fingerprint density at radius 2 is 1.61 bits per heavy atom. The summed E-state index contributed by atoms with van der Waals surface area (Å²) in [6, 6.07) is 7.35. The molecule has 1 heterocycles. The van der Waals surface area contributed by atoms with E-state index in [9.17, 15) is 4.79 Å². The van der Waals surface area contributed by atoms with Gasteiger partial charge in [0.1, 0.15) is 17.0 Å². The number of amides is 1. The number of rotatable bonds is 13. The van der Waals surface area contributed by atoms with E-state index in [0.29, 0.717) is 34.1 Å². The summed E-state index contributed by atoms with van der Waals surface area (Å²) in [6.45, 7) is 4.67. The third-order valence-electron chi connectivity index (χ3n) is 5.03. The predicted molar refractivity (Wildman–Crippen MR) is 116 cm³/mol. The van der Waals surface area contributed by atoms with Gasteiger partial charge < -0.3 is 9.84 Å². The van der Waals surface area contributed by atoms with Crippen LogP contribution >= 0.6 is 11.6 Å². The van der Waals surface area contributed by atoms with Crippen molar-refractivity contribution >= 4 is 17.5 Å². The quantitative estimate of drug-likeness (QED) is 0.367. The first-order valence-electron chi connectivity index (χ1n) is 10.6. The zero-order valence-electron chi connectivity index (χ0n) is 17.2. The summed E-state index contributed by atoms with van der Waals surface area (Å²) in [7, 11) is 0. The van der Waals surface area contributed by atoms with E-state index in [4.69, 9.17) is 16.1 Å². The van der Waals surface area contributed by atoms with Gasteiger partial charge in [-0.05, 0) is 19.4 Å². The molecular formula is C23H33ClN2O2. The Bertz CT molecular complexity index is 727. The lowest BCUT2D eigenvalue weighted by Crippen LogP contribution is -2.25. The Morgan fingerprint density at radius 3 is 2.25 bits per heavy atom. The minimum Gasteiger partial charge on any atom is -0.360 e. The maximum Gasteiger partial charge on any atom is 0.257 e. The summed E-state index contributed by atoms with van der Waals surface area (Å²) in [5, 5.41) is 7.61. The number of hydrogen-bond acceptors (Lipinski definition) is 3. The summed E-state index contributed by atoms with van der Waals surface area (Å²) in [5.74, 6) is 0.361. The van der Waals surface area contributed by atoms with E-state index in [0.717, 1.165) is 12.8 Å². The molecule has 1 N–H and O–H groups in total. The smallest absolute Gasteiger partial charge is 0.257 e. The van der Waals surface area contributed by atoms with Crippen LogP contribution in [-0.2, 0) is 0 Å². The lowest BCUT2D eigenvalue weighted by molar-refractivity contribution is 0.0952. The van der Waals surface area contributed by atoms with Crippen molar-refractivity contribution in [1.29, 1.82) is 0 Å². The molecule has 0 radical (unpaired) electrons. The molecule has 1 amide bonds. The van der Waals surface area contributed by atoms with Gasteiger partial charge in [-0.1, -0.05) is 99.7 Å². The fourth-order valence-corrected chi connectivity index (χ4v) is 3.60. The third kappa shape index (κ3) is 6.97. The number of aryl methyl sites for hydroxylation is 1. The van der Waals surface area contributed by atoms with Gasteiger partial charge in [-0.25, -0.2) is 0 Å². The number of nitrogens with one attached hydrogen (secondary N) is 1. The van der Waals surface area contributed by atoms with Crippen LogP contribution < -0.4 is 5.32 Å². The second-order valence-electron chi connectivity index (χ2n) is 7.38. The van der Waals surface area contributed by atoms with Crippen molar-refractivity contribution in [2.24, 2.45) is 0 Å². The number of carbonyl (C=O) groups excluding carboxylic acids is 1. The van der Waals surface area contributed by atoms with Gasteiger partial charge in [0.25, 0.3) is 5.91 Å². The standard InChI is InChI=1S/C23H33ClN2O2/c1-3-4-5-6-7-8-9-10-11-14-17-25-23(27)21-18(2)28-26-22(21)19-15-12-13-16-20(19)24/h12-13,15-16H,3-11,14,17H2,1-2H3,(H,25,27). The molecule has 2 rings (SSSR count). The molecule has 0 unspecified atom stereocenters. The number of halogens is 1. The van der Waals surface area contributed by atoms with Crippen molar-refractivity contribution < 1.29 is 9.32 Å². The van der Waals surface area contributed by atoms with Crippen LogP contribution in [0.15, 0.2) is 28.8 Å². The predicted octanol–water partition coefficient (Wildman–Crippen LogP) is 6.95. The normalized spacial score (nSPS) is 11.0. The topological polar surface area (TPSA) is 55.1 Å². The molecule has 0 fully saturated rings. The fourth-order valence-electron chi connectivity index (χ4n) is 3.38. The fraction of sp³-hybridized carbons (Fsp3) is 0.565. The maximum absolute atomic E-state index is 12.6. The Labute approximate surface area is 174 Å². The van der Waals surface area contributed by atoms with Crippen LogP contribution in [0.25, 0.3) is 11.3 Å². The summed E-state index contributed by atoms with van der Waals surface area (Å²) in [5.41, 5.74) is 1.69. The van der Waals surface area contributed by atoms with Crippen LogP contribution in [0.4, 0.5) is 0 Å². The van der Waals surface area contributed by atoms with E-state index >= 15 is 0 Å². The number of carbonyl (C=O) groups is 1. The van der Waals surface area contributed by atoms with Gasteiger partial charge in [-0.3, -0.25) is 4.79 Å². The first-order chi connectivity index (χ1) is 13.6. The van der Waals surface area contributed by atoms with Crippen LogP contribution in [0.5, 0.6) is 0 Å². The highest BCUT2D eigenvalue weighted by Crippen LogP contribution is 2.30. The third-order valence-corrected chi connectivity index (χ3v) is 5.36. The largest absolute Gasteiger partial charge is 0.360 e. The maximum atomic E-state index is 12.6. The highest BCUT2D eigenvalue weighted by Gasteiger charge is 2.22. The second kappa shape index (κ2) is 12.6. The van der Waals surface area contributed by atoms with Gasteiger partial charge in [-0.2, -0.15) is 0 Å². The molecular weight excluding hydrogens is 372 g/mol. The summed E-state index contributed by atoms with van der Waals surface area (Å²) < 4.78 is 5.26. The molecule has 0 saturated heterocycles. The van der Waals surface area contributed by atoms with Gasteiger partial charge in [0.2, 0.25) is 0 Å². The molecule has 0 spiro atoms. The lowest BCUT2D eigenvalue weighted by Gasteiger charge is -2.07. The molecule has 1 aromatic heterocycles. The summed E-state index contributed by atoms with van der Waals surface area (Å²) in [6.07, 6.45) is 12.8. The van der Waals surface area contributed by atoms with Crippen LogP contribution in [0.3, 0.4) is 0 Å². The van der Waals surface area contributed by atoms with Crippen LogP contribution in [-0.4, -0.2) is 17.6 Å². The Kier molecular flexibility index (Phi) is 10.1. The minimum atomic E-state index is -0.149. The van der Waals surface area contributed by atoms with E-state index in [2.05, 4.69) is 17.4 Å². The summed E-state index contributed by atoms with van der Waals surface area (Å²) >= 11 is 6.25. The Balaban J connectivity index is 1.70. The number of unbranched alkanes of at least 4 members (excludes halogenated alkanes) is 9. The molecule has 2 aromatic rings. The minimum absolute atomic E-state index is 0.149. The SMILES string of the molecule is CCCCCCCCCCCCNC(=O)c1c(-c2ccccc2Cl)noc1C.